The first kappa shape index (κ1) is 30.1. The van der Waals surface area contributed by atoms with Gasteiger partial charge < -0.3 is 24.4 Å². The normalized spacial score (nSPS) is 12.3. The zero-order valence-electron chi connectivity index (χ0n) is 21.0. The van der Waals surface area contributed by atoms with Gasteiger partial charge in [0.25, 0.3) is 5.91 Å². The van der Waals surface area contributed by atoms with Crippen molar-refractivity contribution in [1.82, 2.24) is 0 Å². The van der Waals surface area contributed by atoms with Gasteiger partial charge in [-0.2, -0.15) is 0 Å². The van der Waals surface area contributed by atoms with Gasteiger partial charge in [-0.05, 0) is 55.3 Å². The van der Waals surface area contributed by atoms with Crippen molar-refractivity contribution in [3.8, 4) is 0 Å². The van der Waals surface area contributed by atoms with Crippen molar-refractivity contribution >= 4 is 52.8 Å². The lowest BCUT2D eigenvalue weighted by atomic mass is 10.1. The van der Waals surface area contributed by atoms with Crippen molar-refractivity contribution in [1.29, 1.82) is 0 Å². The molecule has 1 heterocycles. The minimum absolute atomic E-state index is 0.0111. The van der Waals surface area contributed by atoms with Gasteiger partial charge in [0.1, 0.15) is 18.0 Å². The molecule has 0 radical (unpaired) electrons. The Balaban J connectivity index is 0.000000331. The molecule has 1 saturated heterocycles. The quantitative estimate of drug-likeness (QED) is 0.274. The monoisotopic (exact) mass is 547 g/mol. The Morgan fingerprint density at radius 2 is 1.92 bits per heavy atom. The largest absolute Gasteiger partial charge is 0.387 e. The third-order valence-electron chi connectivity index (χ3n) is 4.93. The second-order valence-corrected chi connectivity index (χ2v) is 8.77. The average Bonchev–Trinajstić information content (AvgIpc) is 2.95. The van der Waals surface area contributed by atoms with Crippen LogP contribution in [0.3, 0.4) is 0 Å². The van der Waals surface area contributed by atoms with E-state index in [4.69, 9.17) is 16.3 Å². The van der Waals surface area contributed by atoms with Crippen LogP contribution in [0.4, 0.5) is 21.5 Å². The van der Waals surface area contributed by atoms with E-state index >= 15 is 0 Å². The van der Waals surface area contributed by atoms with Gasteiger partial charge >= 0.3 is 0 Å². The van der Waals surface area contributed by atoms with Gasteiger partial charge in [-0.15, -0.1) is 0 Å². The summed E-state index contributed by atoms with van der Waals surface area (Å²) in [6.07, 6.45) is 0.833. The summed E-state index contributed by atoms with van der Waals surface area (Å²) in [5, 5.41) is 6.15. The molecule has 3 aromatic rings. The lowest BCUT2D eigenvalue weighted by molar-refractivity contribution is 0.102. The summed E-state index contributed by atoms with van der Waals surface area (Å²) in [4.78, 5) is 22.4. The van der Waals surface area contributed by atoms with E-state index in [-0.39, 0.29) is 5.56 Å². The highest BCUT2D eigenvalue weighted by molar-refractivity contribution is 8.00. The summed E-state index contributed by atoms with van der Waals surface area (Å²) in [6.45, 7) is 4.05. The van der Waals surface area contributed by atoms with Gasteiger partial charge in [0.05, 0.1) is 35.1 Å². The Morgan fingerprint density at radius 3 is 2.46 bits per heavy atom. The summed E-state index contributed by atoms with van der Waals surface area (Å²) >= 11 is 7.49. The number of rotatable bonds is 6. The molecule has 0 aliphatic carbocycles. The van der Waals surface area contributed by atoms with E-state index in [1.54, 1.807) is 50.6 Å². The number of carbonyl (C=O) groups excluding carboxylic acids is 2. The maximum Gasteiger partial charge on any atom is 0.258 e. The molecule has 1 aliphatic heterocycles. The lowest BCUT2D eigenvalue weighted by Gasteiger charge is -2.27. The molecule has 1 aliphatic rings. The molecule has 1 amide bonds. The van der Waals surface area contributed by atoms with Crippen LogP contribution in [0.15, 0.2) is 66.7 Å². The van der Waals surface area contributed by atoms with E-state index in [0.29, 0.717) is 41.2 Å². The molecular formula is C27H31ClFN3O4S. The predicted molar refractivity (Wildman–Crippen MR) is 150 cm³/mol. The van der Waals surface area contributed by atoms with Gasteiger partial charge in [-0.25, -0.2) is 4.39 Å². The Bertz CT molecular complexity index is 1130. The van der Waals surface area contributed by atoms with Crippen molar-refractivity contribution in [2.45, 2.75) is 6.92 Å². The highest BCUT2D eigenvalue weighted by Gasteiger charge is 2.17. The molecule has 0 unspecified atom stereocenters. The molecule has 0 atom stereocenters. The fraction of sp³-hybridized carbons (Fsp3) is 0.259. The number of nitrogens with zero attached hydrogens (tertiary/aromatic N) is 1. The minimum atomic E-state index is -0.565. The molecule has 1 fully saturated rings. The molecule has 198 valence electrons. The lowest BCUT2D eigenvalue weighted by Crippen LogP contribution is -2.26. The molecule has 0 spiro atoms. The predicted octanol–water partition coefficient (Wildman–Crippen LogP) is 6.37. The van der Waals surface area contributed by atoms with E-state index in [2.05, 4.69) is 15.4 Å². The number of carbonyl (C=O) groups is 2. The molecule has 2 N–H and O–H groups in total. The van der Waals surface area contributed by atoms with Gasteiger partial charge in [-0.3, -0.25) is 9.59 Å². The molecule has 0 saturated carbocycles. The van der Waals surface area contributed by atoms with E-state index < -0.39 is 11.7 Å². The number of halogens is 2. The van der Waals surface area contributed by atoms with Crippen LogP contribution in [0.2, 0.25) is 5.02 Å². The number of ether oxygens (including phenoxy) is 2. The van der Waals surface area contributed by atoms with E-state index in [1.807, 2.05) is 29.4 Å². The summed E-state index contributed by atoms with van der Waals surface area (Å²) < 4.78 is 26.2. The Labute approximate surface area is 226 Å². The van der Waals surface area contributed by atoms with Crippen LogP contribution < -0.4 is 14.9 Å². The smallest absolute Gasteiger partial charge is 0.258 e. The van der Waals surface area contributed by atoms with Gasteiger partial charge in [-0.1, -0.05) is 41.9 Å². The molecule has 10 heteroatoms. The first-order valence-electron chi connectivity index (χ1n) is 11.5. The van der Waals surface area contributed by atoms with Crippen molar-refractivity contribution in [2.75, 3.05) is 54.8 Å². The molecule has 7 nitrogen and oxygen atoms in total. The zero-order chi connectivity index (χ0) is 27.0. The fourth-order valence-electron chi connectivity index (χ4n) is 2.94. The Hall–Kier alpha value is -3.11. The second-order valence-electron chi connectivity index (χ2n) is 7.43. The first-order chi connectivity index (χ1) is 17.9. The Kier molecular flexibility index (Phi) is 13.5. The number of benzene rings is 3. The van der Waals surface area contributed by atoms with Crippen LogP contribution >= 0.6 is 23.5 Å². The highest BCUT2D eigenvalue weighted by Crippen LogP contribution is 2.28. The SMILES string of the molecule is CCOC.CNc1cc(NC(=O)c2ccc(N3CCOCS3)cc2F)ccc1Cl.O=Cc1ccccc1. The summed E-state index contributed by atoms with van der Waals surface area (Å²) in [7, 11) is 3.41. The van der Waals surface area contributed by atoms with E-state index in [0.717, 1.165) is 18.5 Å². The fourth-order valence-corrected chi connectivity index (χ4v) is 3.94. The Morgan fingerprint density at radius 1 is 1.19 bits per heavy atom. The van der Waals surface area contributed by atoms with Crippen molar-refractivity contribution in [2.24, 2.45) is 0 Å². The minimum Gasteiger partial charge on any atom is -0.387 e. The van der Waals surface area contributed by atoms with Crippen LogP contribution in [0.25, 0.3) is 0 Å². The standard InChI is InChI=1S/C17H17ClFN3O2S.C7H6O.C3H8O/c1-20-16-8-11(2-5-14(16)18)21-17(23)13-4-3-12(9-15(13)19)22-6-7-24-10-25-22;8-6-7-4-2-1-3-5-7;1-3-4-2/h2-5,8-9,20H,6-7,10H2,1H3,(H,21,23);1-6H;3H2,1-2H3. The molecule has 4 rings (SSSR count). The van der Waals surface area contributed by atoms with E-state index in [1.165, 1.54) is 24.1 Å². The number of nitrogens with one attached hydrogen (secondary N) is 2. The van der Waals surface area contributed by atoms with Crippen LogP contribution in [-0.4, -0.2) is 52.0 Å². The number of amides is 1. The summed E-state index contributed by atoms with van der Waals surface area (Å²) in [6, 6.07) is 18.7. The van der Waals surface area contributed by atoms with Crippen LogP contribution in [-0.2, 0) is 9.47 Å². The highest BCUT2D eigenvalue weighted by atomic mass is 35.5. The number of methoxy groups -OCH3 is 1. The van der Waals surface area contributed by atoms with Crippen LogP contribution in [0.5, 0.6) is 0 Å². The maximum atomic E-state index is 14.4. The third-order valence-corrected chi connectivity index (χ3v) is 6.24. The van der Waals surface area contributed by atoms with Crippen molar-refractivity contribution in [3.05, 3.63) is 88.7 Å². The average molecular weight is 548 g/mol. The van der Waals surface area contributed by atoms with Crippen LogP contribution in [0, 0.1) is 5.82 Å². The van der Waals surface area contributed by atoms with E-state index in [9.17, 15) is 14.0 Å². The molecule has 37 heavy (non-hydrogen) atoms. The number of hydrogen-bond acceptors (Lipinski definition) is 7. The topological polar surface area (TPSA) is 79.9 Å². The summed E-state index contributed by atoms with van der Waals surface area (Å²) in [5.74, 6) is -0.540. The van der Waals surface area contributed by atoms with Crippen molar-refractivity contribution in [3.63, 3.8) is 0 Å². The molecule has 3 aromatic carbocycles. The second kappa shape index (κ2) is 16.6. The first-order valence-corrected chi connectivity index (χ1v) is 12.8. The zero-order valence-corrected chi connectivity index (χ0v) is 22.6. The van der Waals surface area contributed by atoms with Gasteiger partial charge in [0.2, 0.25) is 0 Å². The molecule has 0 bridgehead atoms. The third kappa shape index (κ3) is 10.0. The maximum absolute atomic E-state index is 14.4. The van der Waals surface area contributed by atoms with Crippen LogP contribution in [0.1, 0.15) is 27.6 Å². The number of anilines is 3. The number of hydrogen-bond donors (Lipinski definition) is 2. The van der Waals surface area contributed by atoms with Crippen molar-refractivity contribution < 1.29 is 23.5 Å². The molecular weight excluding hydrogens is 517 g/mol. The van der Waals surface area contributed by atoms with Gasteiger partial charge in [0.15, 0.2) is 0 Å². The summed E-state index contributed by atoms with van der Waals surface area (Å²) in [5.41, 5.74) is 2.65. The molecule has 0 aromatic heterocycles. The van der Waals surface area contributed by atoms with Gasteiger partial charge in [0, 0.05) is 32.0 Å². The number of aldehydes is 1.